The van der Waals surface area contributed by atoms with Gasteiger partial charge in [-0.3, -0.25) is 0 Å². The summed E-state index contributed by atoms with van der Waals surface area (Å²) in [6, 6.07) is 16.7. The van der Waals surface area contributed by atoms with E-state index in [9.17, 15) is 0 Å². The van der Waals surface area contributed by atoms with Gasteiger partial charge >= 0.3 is 0 Å². The van der Waals surface area contributed by atoms with Gasteiger partial charge in [0.15, 0.2) is 0 Å². The normalized spacial score (nSPS) is 14.4. The first-order valence-electron chi connectivity index (χ1n) is 8.24. The number of benzene rings is 2. The van der Waals surface area contributed by atoms with Gasteiger partial charge in [-0.25, -0.2) is 0 Å². The lowest BCUT2D eigenvalue weighted by atomic mass is 9.94. The van der Waals surface area contributed by atoms with Crippen LogP contribution < -0.4 is 5.32 Å². The molecule has 1 fully saturated rings. The third-order valence-electron chi connectivity index (χ3n) is 4.37. The minimum Gasteiger partial charge on any atom is -0.310 e. The Hall–Kier alpha value is -1.60. The molecule has 1 heteroatoms. The monoisotopic (exact) mass is 279 g/mol. The van der Waals surface area contributed by atoms with Gasteiger partial charge in [-0.05, 0) is 59.6 Å². The molecule has 1 aliphatic rings. The number of hydrogen-bond acceptors (Lipinski definition) is 1. The van der Waals surface area contributed by atoms with Crippen molar-refractivity contribution >= 4 is 0 Å². The van der Waals surface area contributed by atoms with Crippen LogP contribution in [0.15, 0.2) is 42.5 Å². The van der Waals surface area contributed by atoms with E-state index in [0.29, 0.717) is 0 Å². The Labute approximate surface area is 128 Å². The molecule has 0 saturated heterocycles. The summed E-state index contributed by atoms with van der Waals surface area (Å²) in [6.45, 7) is 5.46. The highest BCUT2D eigenvalue weighted by molar-refractivity contribution is 5.69. The summed E-state index contributed by atoms with van der Waals surface area (Å²) in [4.78, 5) is 0. The van der Waals surface area contributed by atoms with Crippen molar-refractivity contribution in [2.75, 3.05) is 0 Å². The first kappa shape index (κ1) is 14.3. The highest BCUT2D eigenvalue weighted by atomic mass is 14.9. The summed E-state index contributed by atoms with van der Waals surface area (Å²) in [5.41, 5.74) is 7.02. The van der Waals surface area contributed by atoms with Gasteiger partial charge in [0.1, 0.15) is 0 Å². The molecule has 0 radical (unpaired) electrons. The smallest absolute Gasteiger partial charge is 0.0208 e. The quantitative estimate of drug-likeness (QED) is 0.806. The fraction of sp³-hybridized carbons (Fsp3) is 0.400. The maximum atomic E-state index is 3.60. The van der Waals surface area contributed by atoms with Crippen LogP contribution in [0.4, 0.5) is 0 Å². The molecule has 21 heavy (non-hydrogen) atoms. The number of nitrogens with one attached hydrogen (secondary N) is 1. The van der Waals surface area contributed by atoms with Crippen LogP contribution in [-0.4, -0.2) is 6.04 Å². The van der Waals surface area contributed by atoms with Crippen LogP contribution in [0.5, 0.6) is 0 Å². The maximum Gasteiger partial charge on any atom is 0.0208 e. The molecule has 1 nitrogen and oxygen atoms in total. The van der Waals surface area contributed by atoms with Crippen molar-refractivity contribution in [3.05, 3.63) is 59.2 Å². The highest BCUT2D eigenvalue weighted by Gasteiger charge is 2.19. The molecule has 0 atom stereocenters. The molecule has 3 rings (SSSR count). The molecular weight excluding hydrogens is 254 g/mol. The lowest BCUT2D eigenvalue weighted by Crippen LogP contribution is -2.15. The SMILES string of the molecule is CCc1ccc(CC)c(-c2cccc(CNC3CC3)c2)c1. The zero-order chi connectivity index (χ0) is 14.7. The third kappa shape index (κ3) is 3.54. The molecular formula is C20H25N. The molecule has 0 aromatic heterocycles. The van der Waals surface area contributed by atoms with Crippen LogP contribution in [0.2, 0.25) is 0 Å². The number of rotatable bonds is 6. The highest BCUT2D eigenvalue weighted by Crippen LogP contribution is 2.27. The second-order valence-corrected chi connectivity index (χ2v) is 6.05. The van der Waals surface area contributed by atoms with Gasteiger partial charge < -0.3 is 5.32 Å². The fourth-order valence-corrected chi connectivity index (χ4v) is 2.82. The Morgan fingerprint density at radius 1 is 0.952 bits per heavy atom. The first-order valence-corrected chi connectivity index (χ1v) is 8.24. The molecule has 2 aromatic rings. The average Bonchev–Trinajstić information content (AvgIpc) is 3.37. The largest absolute Gasteiger partial charge is 0.310 e. The minimum atomic E-state index is 0.767. The number of hydrogen-bond donors (Lipinski definition) is 1. The van der Waals surface area contributed by atoms with Crippen LogP contribution >= 0.6 is 0 Å². The molecule has 0 aliphatic heterocycles. The predicted molar refractivity (Wildman–Crippen MR) is 90.5 cm³/mol. The van der Waals surface area contributed by atoms with E-state index in [1.807, 2.05) is 0 Å². The molecule has 0 spiro atoms. The van der Waals surface area contributed by atoms with E-state index in [1.54, 1.807) is 0 Å². The zero-order valence-corrected chi connectivity index (χ0v) is 13.2. The summed E-state index contributed by atoms with van der Waals surface area (Å²) < 4.78 is 0. The Morgan fingerprint density at radius 2 is 1.81 bits per heavy atom. The summed E-state index contributed by atoms with van der Waals surface area (Å²) in [7, 11) is 0. The van der Waals surface area contributed by atoms with Crippen molar-refractivity contribution < 1.29 is 0 Å². The van der Waals surface area contributed by atoms with Crippen LogP contribution in [-0.2, 0) is 19.4 Å². The Balaban J connectivity index is 1.89. The second kappa shape index (κ2) is 6.44. The molecule has 0 bridgehead atoms. The number of aryl methyl sites for hydroxylation is 2. The maximum absolute atomic E-state index is 3.60. The lowest BCUT2D eigenvalue weighted by molar-refractivity contribution is 0.688. The lowest BCUT2D eigenvalue weighted by Gasteiger charge is -2.12. The van der Waals surface area contributed by atoms with Crippen molar-refractivity contribution in [1.82, 2.24) is 5.32 Å². The molecule has 0 heterocycles. The van der Waals surface area contributed by atoms with Gasteiger partial charge in [0.25, 0.3) is 0 Å². The van der Waals surface area contributed by atoms with Gasteiger partial charge in [0, 0.05) is 12.6 Å². The van der Waals surface area contributed by atoms with Gasteiger partial charge in [0.2, 0.25) is 0 Å². The van der Waals surface area contributed by atoms with Crippen molar-refractivity contribution in [2.45, 2.75) is 52.1 Å². The standard InChI is InChI=1S/C20H25N/c1-3-15-8-9-17(4-2)20(13-15)18-7-5-6-16(12-18)14-21-19-10-11-19/h5-9,12-13,19,21H,3-4,10-11,14H2,1-2H3. The molecule has 1 aliphatic carbocycles. The van der Waals surface area contributed by atoms with E-state index in [0.717, 1.165) is 25.4 Å². The van der Waals surface area contributed by atoms with Crippen molar-refractivity contribution in [3.8, 4) is 11.1 Å². The fourth-order valence-electron chi connectivity index (χ4n) is 2.82. The topological polar surface area (TPSA) is 12.0 Å². The Kier molecular flexibility index (Phi) is 4.40. The first-order chi connectivity index (χ1) is 10.3. The summed E-state index contributed by atoms with van der Waals surface area (Å²) in [5, 5.41) is 3.60. The summed E-state index contributed by atoms with van der Waals surface area (Å²) in [5.74, 6) is 0. The molecule has 1 saturated carbocycles. The van der Waals surface area contributed by atoms with Crippen LogP contribution in [0.25, 0.3) is 11.1 Å². The van der Waals surface area contributed by atoms with Crippen LogP contribution in [0.1, 0.15) is 43.4 Å². The van der Waals surface area contributed by atoms with E-state index in [-0.39, 0.29) is 0 Å². The van der Waals surface area contributed by atoms with Gasteiger partial charge in [-0.15, -0.1) is 0 Å². The van der Waals surface area contributed by atoms with Crippen molar-refractivity contribution in [3.63, 3.8) is 0 Å². The van der Waals surface area contributed by atoms with Gasteiger partial charge in [0.05, 0.1) is 0 Å². The average molecular weight is 279 g/mol. The molecule has 1 N–H and O–H groups in total. The van der Waals surface area contributed by atoms with E-state index in [4.69, 9.17) is 0 Å². The minimum absolute atomic E-state index is 0.767. The molecule has 110 valence electrons. The molecule has 2 aromatic carbocycles. The van der Waals surface area contributed by atoms with Gasteiger partial charge in [-0.2, -0.15) is 0 Å². The Morgan fingerprint density at radius 3 is 2.52 bits per heavy atom. The molecule has 0 unspecified atom stereocenters. The second-order valence-electron chi connectivity index (χ2n) is 6.05. The van der Waals surface area contributed by atoms with Crippen LogP contribution in [0.3, 0.4) is 0 Å². The Bertz CT molecular complexity index is 611. The third-order valence-corrected chi connectivity index (χ3v) is 4.37. The van der Waals surface area contributed by atoms with Crippen molar-refractivity contribution in [2.24, 2.45) is 0 Å². The predicted octanol–water partition coefficient (Wildman–Crippen LogP) is 4.73. The van der Waals surface area contributed by atoms with E-state index >= 15 is 0 Å². The van der Waals surface area contributed by atoms with E-state index in [2.05, 4.69) is 61.6 Å². The van der Waals surface area contributed by atoms with Crippen molar-refractivity contribution in [1.29, 1.82) is 0 Å². The zero-order valence-electron chi connectivity index (χ0n) is 13.2. The molecule has 0 amide bonds. The van der Waals surface area contributed by atoms with E-state index in [1.165, 1.54) is 40.7 Å². The summed E-state index contributed by atoms with van der Waals surface area (Å²) >= 11 is 0. The van der Waals surface area contributed by atoms with Gasteiger partial charge in [-0.1, -0.05) is 50.2 Å². The summed E-state index contributed by atoms with van der Waals surface area (Å²) in [6.07, 6.45) is 4.88. The van der Waals surface area contributed by atoms with Crippen LogP contribution in [0, 0.1) is 0 Å². The van der Waals surface area contributed by atoms with E-state index < -0.39 is 0 Å².